The molecular weight excluding hydrogens is 196 g/mol. The molecule has 0 radical (unpaired) electrons. The van der Waals surface area contributed by atoms with Crippen molar-refractivity contribution in [3.05, 3.63) is 35.9 Å². The molecule has 0 aromatic heterocycles. The van der Waals surface area contributed by atoms with Gasteiger partial charge >= 0.3 is 0 Å². The Labute approximate surface area is 99.5 Å². The van der Waals surface area contributed by atoms with Crippen LogP contribution in [0, 0.1) is 0 Å². The molecular formula is C14H24N2. The van der Waals surface area contributed by atoms with Gasteiger partial charge in [0, 0.05) is 12.6 Å². The number of benzene rings is 1. The van der Waals surface area contributed by atoms with Crippen LogP contribution < -0.4 is 5.73 Å². The zero-order chi connectivity index (χ0) is 11.8. The zero-order valence-electron chi connectivity index (χ0n) is 10.5. The molecule has 0 aliphatic carbocycles. The van der Waals surface area contributed by atoms with Crippen LogP contribution in [0.15, 0.2) is 30.3 Å². The summed E-state index contributed by atoms with van der Waals surface area (Å²) in [5.74, 6) is 0. The van der Waals surface area contributed by atoms with Crippen molar-refractivity contribution >= 4 is 0 Å². The number of hydrogen-bond donors (Lipinski definition) is 1. The molecule has 1 rings (SSSR count). The summed E-state index contributed by atoms with van der Waals surface area (Å²) < 4.78 is 0. The SMILES string of the molecule is CCN(Cc1ccccc1)C(C)CCCN. The van der Waals surface area contributed by atoms with E-state index in [1.165, 1.54) is 12.0 Å². The van der Waals surface area contributed by atoms with Gasteiger partial charge in [0.15, 0.2) is 0 Å². The van der Waals surface area contributed by atoms with E-state index in [-0.39, 0.29) is 0 Å². The van der Waals surface area contributed by atoms with Crippen molar-refractivity contribution in [2.45, 2.75) is 39.3 Å². The lowest BCUT2D eigenvalue weighted by molar-refractivity contribution is 0.199. The average molecular weight is 220 g/mol. The maximum atomic E-state index is 5.55. The van der Waals surface area contributed by atoms with E-state index >= 15 is 0 Å². The first-order valence-corrected chi connectivity index (χ1v) is 6.26. The third-order valence-electron chi connectivity index (χ3n) is 3.08. The highest BCUT2D eigenvalue weighted by atomic mass is 15.1. The van der Waals surface area contributed by atoms with Gasteiger partial charge in [-0.1, -0.05) is 37.3 Å². The summed E-state index contributed by atoms with van der Waals surface area (Å²) in [6.45, 7) is 7.46. The fourth-order valence-electron chi connectivity index (χ4n) is 1.99. The molecule has 16 heavy (non-hydrogen) atoms. The van der Waals surface area contributed by atoms with Gasteiger partial charge in [0.2, 0.25) is 0 Å². The van der Waals surface area contributed by atoms with E-state index in [1.54, 1.807) is 0 Å². The summed E-state index contributed by atoms with van der Waals surface area (Å²) in [6, 6.07) is 11.3. The molecule has 2 nitrogen and oxygen atoms in total. The Hall–Kier alpha value is -0.860. The van der Waals surface area contributed by atoms with Crippen LogP contribution in [0.3, 0.4) is 0 Å². The molecule has 0 bridgehead atoms. The molecule has 0 fully saturated rings. The zero-order valence-corrected chi connectivity index (χ0v) is 10.5. The number of nitrogens with zero attached hydrogens (tertiary/aromatic N) is 1. The molecule has 1 unspecified atom stereocenters. The quantitative estimate of drug-likeness (QED) is 0.765. The molecule has 2 N–H and O–H groups in total. The van der Waals surface area contributed by atoms with Crippen molar-refractivity contribution in [2.24, 2.45) is 5.73 Å². The molecule has 1 aromatic rings. The summed E-state index contributed by atoms with van der Waals surface area (Å²) in [4.78, 5) is 2.50. The minimum Gasteiger partial charge on any atom is -0.330 e. The second-order valence-corrected chi connectivity index (χ2v) is 4.33. The molecule has 1 atom stereocenters. The van der Waals surface area contributed by atoms with E-state index in [1.807, 2.05) is 0 Å². The highest BCUT2D eigenvalue weighted by molar-refractivity contribution is 5.14. The first-order chi connectivity index (χ1) is 7.77. The standard InChI is InChI=1S/C14H24N2/c1-3-16(13(2)8-7-11-15)12-14-9-5-4-6-10-14/h4-6,9-10,13H,3,7-8,11-12,15H2,1-2H3. The predicted molar refractivity (Wildman–Crippen MR) is 70.3 cm³/mol. The van der Waals surface area contributed by atoms with Gasteiger partial charge in [-0.25, -0.2) is 0 Å². The van der Waals surface area contributed by atoms with Crippen LogP contribution in [-0.4, -0.2) is 24.0 Å². The Morgan fingerprint density at radius 3 is 2.50 bits per heavy atom. The van der Waals surface area contributed by atoms with Gasteiger partial charge in [-0.15, -0.1) is 0 Å². The monoisotopic (exact) mass is 220 g/mol. The van der Waals surface area contributed by atoms with Crippen LogP contribution in [0.1, 0.15) is 32.3 Å². The maximum Gasteiger partial charge on any atom is 0.0236 e. The molecule has 2 heteroatoms. The lowest BCUT2D eigenvalue weighted by atomic mass is 10.1. The van der Waals surface area contributed by atoms with E-state index in [0.29, 0.717) is 6.04 Å². The van der Waals surface area contributed by atoms with Crippen LogP contribution in [0.4, 0.5) is 0 Å². The number of nitrogens with two attached hydrogens (primary N) is 1. The van der Waals surface area contributed by atoms with Gasteiger partial charge < -0.3 is 5.73 Å². The van der Waals surface area contributed by atoms with E-state index in [0.717, 1.165) is 26.1 Å². The molecule has 1 aromatic carbocycles. The fraction of sp³-hybridized carbons (Fsp3) is 0.571. The normalized spacial score (nSPS) is 13.0. The third kappa shape index (κ3) is 4.33. The Morgan fingerprint density at radius 2 is 1.94 bits per heavy atom. The van der Waals surface area contributed by atoms with E-state index in [4.69, 9.17) is 5.73 Å². The number of rotatable bonds is 7. The van der Waals surface area contributed by atoms with Crippen molar-refractivity contribution in [1.82, 2.24) is 4.90 Å². The van der Waals surface area contributed by atoms with Crippen LogP contribution in [0.2, 0.25) is 0 Å². The molecule has 0 aliphatic heterocycles. The summed E-state index contributed by atoms with van der Waals surface area (Å²) in [7, 11) is 0. The highest BCUT2D eigenvalue weighted by Crippen LogP contribution is 2.11. The Bertz CT molecular complexity index is 271. The third-order valence-corrected chi connectivity index (χ3v) is 3.08. The van der Waals surface area contributed by atoms with Gasteiger partial charge in [-0.3, -0.25) is 4.90 Å². The minimum absolute atomic E-state index is 0.619. The van der Waals surface area contributed by atoms with Crippen molar-refractivity contribution in [2.75, 3.05) is 13.1 Å². The van der Waals surface area contributed by atoms with Crippen molar-refractivity contribution in [3.63, 3.8) is 0 Å². The largest absolute Gasteiger partial charge is 0.330 e. The van der Waals surface area contributed by atoms with Crippen LogP contribution in [-0.2, 0) is 6.54 Å². The smallest absolute Gasteiger partial charge is 0.0236 e. The molecule has 0 saturated heterocycles. The minimum atomic E-state index is 0.619. The second-order valence-electron chi connectivity index (χ2n) is 4.33. The molecule has 0 heterocycles. The summed E-state index contributed by atoms with van der Waals surface area (Å²) in [6.07, 6.45) is 2.31. The topological polar surface area (TPSA) is 29.3 Å². The van der Waals surface area contributed by atoms with Gasteiger partial charge in [0.05, 0.1) is 0 Å². The fourth-order valence-corrected chi connectivity index (χ4v) is 1.99. The predicted octanol–water partition coefficient (Wildman–Crippen LogP) is 2.64. The van der Waals surface area contributed by atoms with Crippen LogP contribution in [0.5, 0.6) is 0 Å². The van der Waals surface area contributed by atoms with E-state index < -0.39 is 0 Å². The van der Waals surface area contributed by atoms with Gasteiger partial charge in [-0.05, 0) is 38.4 Å². The van der Waals surface area contributed by atoms with Gasteiger partial charge in [0.1, 0.15) is 0 Å². The molecule has 0 aliphatic rings. The average Bonchev–Trinajstić information content (AvgIpc) is 2.34. The van der Waals surface area contributed by atoms with Crippen molar-refractivity contribution < 1.29 is 0 Å². The molecule has 0 amide bonds. The Kier molecular flexibility index (Phi) is 6.12. The van der Waals surface area contributed by atoms with Crippen LogP contribution >= 0.6 is 0 Å². The second kappa shape index (κ2) is 7.42. The summed E-state index contributed by atoms with van der Waals surface area (Å²) in [5, 5.41) is 0. The van der Waals surface area contributed by atoms with Crippen molar-refractivity contribution in [3.8, 4) is 0 Å². The first kappa shape index (κ1) is 13.2. The first-order valence-electron chi connectivity index (χ1n) is 6.26. The van der Waals surface area contributed by atoms with E-state index in [2.05, 4.69) is 49.1 Å². The lowest BCUT2D eigenvalue weighted by Gasteiger charge is -2.27. The maximum absolute atomic E-state index is 5.55. The van der Waals surface area contributed by atoms with Crippen LogP contribution in [0.25, 0.3) is 0 Å². The number of hydrogen-bond acceptors (Lipinski definition) is 2. The molecule has 0 spiro atoms. The lowest BCUT2D eigenvalue weighted by Crippen LogP contribution is -2.32. The van der Waals surface area contributed by atoms with Gasteiger partial charge in [-0.2, -0.15) is 0 Å². The van der Waals surface area contributed by atoms with E-state index in [9.17, 15) is 0 Å². The Morgan fingerprint density at radius 1 is 1.25 bits per heavy atom. The Balaban J connectivity index is 2.48. The van der Waals surface area contributed by atoms with Gasteiger partial charge in [0.25, 0.3) is 0 Å². The van der Waals surface area contributed by atoms with Crippen molar-refractivity contribution in [1.29, 1.82) is 0 Å². The molecule has 90 valence electrons. The summed E-state index contributed by atoms with van der Waals surface area (Å²) in [5.41, 5.74) is 6.95. The highest BCUT2D eigenvalue weighted by Gasteiger charge is 2.11. The summed E-state index contributed by atoms with van der Waals surface area (Å²) >= 11 is 0. The molecule has 0 saturated carbocycles.